The first kappa shape index (κ1) is 22.0. The zero-order chi connectivity index (χ0) is 23.6. The topological polar surface area (TPSA) is 46.1 Å². The minimum Gasteiger partial charge on any atom is -0.331 e. The van der Waals surface area contributed by atoms with Crippen LogP contribution in [0.2, 0.25) is 0 Å². The van der Waals surface area contributed by atoms with Gasteiger partial charge in [-0.1, -0.05) is 80.3 Å². The normalized spacial score (nSPS) is 18.7. The van der Waals surface area contributed by atoms with E-state index in [2.05, 4.69) is 46.3 Å². The van der Waals surface area contributed by atoms with Gasteiger partial charge in [0, 0.05) is 29.9 Å². The van der Waals surface area contributed by atoms with Gasteiger partial charge in [0.15, 0.2) is 0 Å². The highest BCUT2D eigenvalue weighted by molar-refractivity contribution is 6.07. The second kappa shape index (κ2) is 9.61. The fourth-order valence-electron chi connectivity index (χ4n) is 6.12. The van der Waals surface area contributed by atoms with Crippen molar-refractivity contribution in [1.82, 2.24) is 14.9 Å². The van der Waals surface area contributed by atoms with Crippen LogP contribution in [0.5, 0.6) is 0 Å². The van der Waals surface area contributed by atoms with Crippen LogP contribution in [0.4, 0.5) is 0 Å². The largest absolute Gasteiger partial charge is 0.331 e. The number of carbonyl (C=O) groups is 1. The lowest BCUT2D eigenvalue weighted by atomic mass is 9.80. The van der Waals surface area contributed by atoms with E-state index in [9.17, 15) is 4.79 Å². The minimum absolute atomic E-state index is 0.103. The Balaban J connectivity index is 1.46. The molecule has 1 saturated carbocycles. The summed E-state index contributed by atoms with van der Waals surface area (Å²) in [5, 5.41) is 0.829. The van der Waals surface area contributed by atoms with Gasteiger partial charge in [0.25, 0.3) is 5.91 Å². The molecule has 1 aliphatic carbocycles. The molecule has 1 atom stereocenters. The number of hydrogen-bond donors (Lipinski definition) is 0. The number of fused-ring (bicyclic) bond motifs is 2. The summed E-state index contributed by atoms with van der Waals surface area (Å²) in [7, 11) is 0. The lowest BCUT2D eigenvalue weighted by Crippen LogP contribution is -2.43. The van der Waals surface area contributed by atoms with E-state index in [1.165, 1.54) is 49.7 Å². The van der Waals surface area contributed by atoms with Gasteiger partial charge < -0.3 is 4.90 Å². The molecule has 2 aromatic carbocycles. The Morgan fingerprint density at radius 2 is 1.66 bits per heavy atom. The number of amides is 1. The van der Waals surface area contributed by atoms with Gasteiger partial charge in [0.1, 0.15) is 0 Å². The van der Waals surface area contributed by atoms with E-state index in [4.69, 9.17) is 4.98 Å². The highest BCUT2D eigenvalue weighted by Crippen LogP contribution is 2.42. The highest BCUT2D eigenvalue weighted by atomic mass is 16.2. The quantitative estimate of drug-likeness (QED) is 0.308. The van der Waals surface area contributed by atoms with Crippen molar-refractivity contribution in [2.75, 3.05) is 6.54 Å². The maximum absolute atomic E-state index is 14.4. The number of benzene rings is 2. The van der Waals surface area contributed by atoms with Crippen molar-refractivity contribution < 1.29 is 4.79 Å². The Morgan fingerprint density at radius 3 is 2.49 bits per heavy atom. The molecule has 3 heterocycles. The summed E-state index contributed by atoms with van der Waals surface area (Å²) in [6.45, 7) is 0.752. The van der Waals surface area contributed by atoms with Crippen molar-refractivity contribution in [3.05, 3.63) is 95.8 Å². The number of rotatable bonds is 3. The number of carbonyl (C=O) groups excluding carboxylic acids is 1. The maximum Gasteiger partial charge on any atom is 0.255 e. The predicted octanol–water partition coefficient (Wildman–Crippen LogP) is 7.01. The van der Waals surface area contributed by atoms with Gasteiger partial charge in [-0.25, -0.2) is 4.98 Å². The summed E-state index contributed by atoms with van der Waals surface area (Å²) in [5.74, 6) is 0.606. The molecule has 0 bridgehead atoms. The average molecular weight is 462 g/mol. The lowest BCUT2D eigenvalue weighted by molar-refractivity contribution is 0.0566. The molecule has 4 nitrogen and oxygen atoms in total. The van der Waals surface area contributed by atoms with Gasteiger partial charge in [-0.15, -0.1) is 0 Å². The number of hydrogen-bond acceptors (Lipinski definition) is 3. The molecule has 0 spiro atoms. The van der Waals surface area contributed by atoms with Gasteiger partial charge in [-0.2, -0.15) is 0 Å². The molecule has 1 unspecified atom stereocenters. The van der Waals surface area contributed by atoms with E-state index < -0.39 is 0 Å². The minimum atomic E-state index is 0.103. The molecule has 2 aliphatic rings. The third kappa shape index (κ3) is 4.22. The van der Waals surface area contributed by atoms with Crippen molar-refractivity contribution >= 4 is 16.8 Å². The fraction of sp³-hybridized carbons (Fsp3) is 0.323. The Hall–Kier alpha value is -3.53. The summed E-state index contributed by atoms with van der Waals surface area (Å²) < 4.78 is 0. The van der Waals surface area contributed by atoms with Gasteiger partial charge >= 0.3 is 0 Å². The monoisotopic (exact) mass is 461 g/mol. The molecular weight excluding hydrogens is 430 g/mol. The second-order valence-electron chi connectivity index (χ2n) is 9.96. The van der Waals surface area contributed by atoms with Crippen LogP contribution in [-0.4, -0.2) is 27.3 Å². The molecule has 4 aromatic rings. The molecule has 35 heavy (non-hydrogen) atoms. The number of nitrogens with zero attached hydrogens (tertiary/aromatic N) is 3. The fourth-order valence-corrected chi connectivity index (χ4v) is 6.12. The molecule has 2 aromatic heterocycles. The zero-order valence-corrected chi connectivity index (χ0v) is 20.1. The van der Waals surface area contributed by atoms with Crippen LogP contribution >= 0.6 is 0 Å². The first-order valence-electron chi connectivity index (χ1n) is 13.0. The Labute approximate surface area is 207 Å². The van der Waals surface area contributed by atoms with Crippen LogP contribution in [0.3, 0.4) is 0 Å². The van der Waals surface area contributed by atoms with Gasteiger partial charge in [0.2, 0.25) is 0 Å². The van der Waals surface area contributed by atoms with Gasteiger partial charge in [0.05, 0.1) is 22.8 Å². The van der Waals surface area contributed by atoms with E-state index >= 15 is 0 Å². The first-order valence-corrected chi connectivity index (χ1v) is 13.0. The summed E-state index contributed by atoms with van der Waals surface area (Å²) in [6, 6.07) is 22.9. The predicted molar refractivity (Wildman–Crippen MR) is 140 cm³/mol. The number of aromatic nitrogens is 2. The molecule has 0 N–H and O–H groups in total. The standard InChI is InChI=1S/C31H31N3O/c35-31(26-20-29(23-11-6-3-7-12-23)33-28-16-18-32-21-27(26)28)34-19-17-22-10-8-9-15-25(22)30(34)24-13-4-1-2-5-14-24/h3,6-12,15-16,18,20-21,24,30H,1-2,4-5,13-14,17,19H2. The van der Waals surface area contributed by atoms with E-state index in [-0.39, 0.29) is 11.9 Å². The van der Waals surface area contributed by atoms with E-state index in [0.717, 1.165) is 35.1 Å². The Bertz CT molecular complexity index is 1340. The molecule has 1 amide bonds. The SMILES string of the molecule is O=C(c1cc(-c2ccccc2)nc2ccncc12)N1CCc2ccccc2C1C1CCCCCC1. The van der Waals surface area contributed by atoms with E-state index in [1.807, 2.05) is 30.3 Å². The summed E-state index contributed by atoms with van der Waals surface area (Å²) in [6.07, 6.45) is 12.0. The maximum atomic E-state index is 14.4. The van der Waals surface area contributed by atoms with Crippen molar-refractivity contribution in [3.8, 4) is 11.3 Å². The van der Waals surface area contributed by atoms with Gasteiger partial charge in [-0.05, 0) is 48.4 Å². The van der Waals surface area contributed by atoms with Crippen LogP contribution < -0.4 is 0 Å². The lowest BCUT2D eigenvalue weighted by Gasteiger charge is -2.42. The molecule has 1 aliphatic heterocycles. The molecule has 6 rings (SSSR count). The molecule has 0 saturated heterocycles. The van der Waals surface area contributed by atoms with Gasteiger partial charge in [-0.3, -0.25) is 9.78 Å². The summed E-state index contributed by atoms with van der Waals surface area (Å²) in [5.41, 5.74) is 6.12. The number of pyridine rings is 2. The van der Waals surface area contributed by atoms with E-state index in [1.54, 1.807) is 12.4 Å². The average Bonchev–Trinajstić information content (AvgIpc) is 3.21. The zero-order valence-electron chi connectivity index (χ0n) is 20.1. The highest BCUT2D eigenvalue weighted by Gasteiger charge is 2.37. The second-order valence-corrected chi connectivity index (χ2v) is 9.96. The molecular formula is C31H31N3O. The Morgan fingerprint density at radius 1 is 0.886 bits per heavy atom. The first-order chi connectivity index (χ1) is 17.3. The van der Waals surface area contributed by atoms with Crippen LogP contribution in [0.1, 0.15) is 66.1 Å². The van der Waals surface area contributed by atoms with Crippen LogP contribution in [0.25, 0.3) is 22.2 Å². The molecule has 176 valence electrons. The van der Waals surface area contributed by atoms with Crippen molar-refractivity contribution in [2.24, 2.45) is 5.92 Å². The van der Waals surface area contributed by atoms with Crippen molar-refractivity contribution in [2.45, 2.75) is 51.0 Å². The summed E-state index contributed by atoms with van der Waals surface area (Å²) in [4.78, 5) is 25.8. The van der Waals surface area contributed by atoms with Crippen molar-refractivity contribution in [1.29, 1.82) is 0 Å². The molecule has 1 fully saturated rings. The Kier molecular flexibility index (Phi) is 6.03. The molecule has 0 radical (unpaired) electrons. The van der Waals surface area contributed by atoms with Crippen LogP contribution in [0, 0.1) is 5.92 Å². The van der Waals surface area contributed by atoms with E-state index in [0.29, 0.717) is 11.5 Å². The third-order valence-electron chi connectivity index (χ3n) is 7.85. The van der Waals surface area contributed by atoms with Crippen LogP contribution in [0.15, 0.2) is 79.1 Å². The smallest absolute Gasteiger partial charge is 0.255 e. The van der Waals surface area contributed by atoms with Crippen molar-refractivity contribution in [3.63, 3.8) is 0 Å². The summed E-state index contributed by atoms with van der Waals surface area (Å²) >= 11 is 0. The third-order valence-corrected chi connectivity index (χ3v) is 7.85. The van der Waals surface area contributed by atoms with Crippen LogP contribution in [-0.2, 0) is 6.42 Å². The molecule has 4 heteroatoms.